The van der Waals surface area contributed by atoms with E-state index >= 15 is 0 Å². The predicted octanol–water partition coefficient (Wildman–Crippen LogP) is 1.07. The van der Waals surface area contributed by atoms with Gasteiger partial charge in [-0.2, -0.15) is 4.31 Å². The SMILES string of the molecule is CCCNC(=O)CN(C)C(=O)c1ccc(S(=O)(=O)N2CCCC2)cc1. The third kappa shape index (κ3) is 4.79. The number of nitrogens with zero attached hydrogens (tertiary/aromatic N) is 2. The van der Waals surface area contributed by atoms with Crippen molar-refractivity contribution in [3.8, 4) is 0 Å². The zero-order chi connectivity index (χ0) is 18.4. The lowest BCUT2D eigenvalue weighted by molar-refractivity contribution is -0.121. The number of hydrogen-bond acceptors (Lipinski definition) is 4. The maximum absolute atomic E-state index is 12.5. The summed E-state index contributed by atoms with van der Waals surface area (Å²) in [4.78, 5) is 25.6. The Labute approximate surface area is 149 Å². The molecule has 0 aliphatic carbocycles. The number of amides is 2. The highest BCUT2D eigenvalue weighted by Crippen LogP contribution is 2.21. The van der Waals surface area contributed by atoms with Crippen LogP contribution in [0.2, 0.25) is 0 Å². The van der Waals surface area contributed by atoms with Crippen molar-refractivity contribution in [1.82, 2.24) is 14.5 Å². The highest BCUT2D eigenvalue weighted by molar-refractivity contribution is 7.89. The van der Waals surface area contributed by atoms with Crippen LogP contribution in [0.25, 0.3) is 0 Å². The molecule has 1 aliphatic heterocycles. The Morgan fingerprint density at radius 1 is 1.16 bits per heavy atom. The van der Waals surface area contributed by atoms with Crippen LogP contribution in [0.4, 0.5) is 0 Å². The molecule has 2 amide bonds. The van der Waals surface area contributed by atoms with Crippen LogP contribution in [0.15, 0.2) is 29.2 Å². The summed E-state index contributed by atoms with van der Waals surface area (Å²) < 4.78 is 26.4. The second kappa shape index (κ2) is 8.44. The average Bonchev–Trinajstić information content (AvgIpc) is 3.14. The Morgan fingerprint density at radius 2 is 1.76 bits per heavy atom. The molecule has 2 rings (SSSR count). The molecular weight excluding hydrogens is 342 g/mol. The van der Waals surface area contributed by atoms with Crippen molar-refractivity contribution in [2.45, 2.75) is 31.1 Å². The number of nitrogens with one attached hydrogen (secondary N) is 1. The highest BCUT2D eigenvalue weighted by atomic mass is 32.2. The number of sulfonamides is 1. The van der Waals surface area contributed by atoms with Gasteiger partial charge < -0.3 is 10.2 Å². The summed E-state index contributed by atoms with van der Waals surface area (Å²) >= 11 is 0. The molecule has 0 aromatic heterocycles. The minimum absolute atomic E-state index is 0.0351. The normalized spacial score (nSPS) is 15.1. The van der Waals surface area contributed by atoms with Crippen molar-refractivity contribution in [1.29, 1.82) is 0 Å². The van der Waals surface area contributed by atoms with E-state index in [0.29, 0.717) is 25.2 Å². The minimum Gasteiger partial charge on any atom is -0.355 e. The van der Waals surface area contributed by atoms with Crippen LogP contribution >= 0.6 is 0 Å². The third-order valence-electron chi connectivity index (χ3n) is 4.10. The Bertz CT molecular complexity index is 710. The molecule has 25 heavy (non-hydrogen) atoms. The van der Waals surface area contributed by atoms with Crippen molar-refractivity contribution in [2.75, 3.05) is 33.2 Å². The second-order valence-electron chi connectivity index (χ2n) is 6.15. The van der Waals surface area contributed by atoms with E-state index in [1.807, 2.05) is 6.92 Å². The van der Waals surface area contributed by atoms with Crippen LogP contribution in [0.3, 0.4) is 0 Å². The molecule has 1 heterocycles. The molecule has 138 valence electrons. The number of hydrogen-bond donors (Lipinski definition) is 1. The molecule has 0 saturated carbocycles. The van der Waals surface area contributed by atoms with Gasteiger partial charge in [-0.05, 0) is 43.5 Å². The van der Waals surface area contributed by atoms with Gasteiger partial charge in [-0.1, -0.05) is 6.92 Å². The molecule has 1 saturated heterocycles. The molecule has 0 bridgehead atoms. The monoisotopic (exact) mass is 367 g/mol. The number of carbonyl (C=O) groups excluding carboxylic acids is 2. The first-order valence-corrected chi connectivity index (χ1v) is 9.92. The van der Waals surface area contributed by atoms with Crippen LogP contribution in [0.5, 0.6) is 0 Å². The van der Waals surface area contributed by atoms with E-state index < -0.39 is 10.0 Å². The summed E-state index contributed by atoms with van der Waals surface area (Å²) in [7, 11) is -1.94. The van der Waals surface area contributed by atoms with Gasteiger partial charge in [0.25, 0.3) is 5.91 Å². The average molecular weight is 367 g/mol. The molecule has 8 heteroatoms. The lowest BCUT2D eigenvalue weighted by Crippen LogP contribution is -2.38. The largest absolute Gasteiger partial charge is 0.355 e. The van der Waals surface area contributed by atoms with Crippen LogP contribution < -0.4 is 5.32 Å². The number of rotatable bonds is 7. The molecular formula is C17H25N3O4S. The lowest BCUT2D eigenvalue weighted by atomic mass is 10.2. The van der Waals surface area contributed by atoms with E-state index in [9.17, 15) is 18.0 Å². The van der Waals surface area contributed by atoms with Gasteiger partial charge in [-0.3, -0.25) is 9.59 Å². The van der Waals surface area contributed by atoms with Crippen LogP contribution in [0.1, 0.15) is 36.5 Å². The molecule has 0 atom stereocenters. The Morgan fingerprint density at radius 3 is 2.32 bits per heavy atom. The fourth-order valence-corrected chi connectivity index (χ4v) is 4.19. The van der Waals surface area contributed by atoms with Gasteiger partial charge >= 0.3 is 0 Å². The maximum atomic E-state index is 12.5. The molecule has 1 aromatic rings. The summed E-state index contributed by atoms with van der Waals surface area (Å²) in [6.45, 7) is 3.57. The lowest BCUT2D eigenvalue weighted by Gasteiger charge is -2.18. The summed E-state index contributed by atoms with van der Waals surface area (Å²) in [5.74, 6) is -0.539. The van der Waals surface area contributed by atoms with Gasteiger partial charge in [0.1, 0.15) is 0 Å². The molecule has 0 spiro atoms. The van der Waals surface area contributed by atoms with Gasteiger partial charge in [-0.25, -0.2) is 8.42 Å². The first-order valence-electron chi connectivity index (χ1n) is 8.48. The summed E-state index contributed by atoms with van der Waals surface area (Å²) in [5, 5.41) is 2.71. The minimum atomic E-state index is -3.49. The van der Waals surface area contributed by atoms with E-state index in [1.165, 1.54) is 33.5 Å². The first-order chi connectivity index (χ1) is 11.9. The smallest absolute Gasteiger partial charge is 0.254 e. The molecule has 0 unspecified atom stereocenters. The molecule has 1 aromatic carbocycles. The molecule has 1 aliphatic rings. The zero-order valence-electron chi connectivity index (χ0n) is 14.7. The molecule has 1 fully saturated rings. The molecule has 0 radical (unpaired) electrons. The number of likely N-dealkylation sites (N-methyl/N-ethyl adjacent to an activating group) is 1. The Kier molecular flexibility index (Phi) is 6.55. The van der Waals surface area contributed by atoms with E-state index in [4.69, 9.17) is 0 Å². The topological polar surface area (TPSA) is 86.8 Å². The Hall–Kier alpha value is -1.93. The first kappa shape index (κ1) is 19.4. The van der Waals surface area contributed by atoms with Crippen LogP contribution in [-0.4, -0.2) is 62.7 Å². The predicted molar refractivity (Wildman–Crippen MR) is 94.7 cm³/mol. The molecule has 1 N–H and O–H groups in total. The van der Waals surface area contributed by atoms with Crippen molar-refractivity contribution < 1.29 is 18.0 Å². The zero-order valence-corrected chi connectivity index (χ0v) is 15.5. The van der Waals surface area contributed by atoms with Gasteiger partial charge in [0.05, 0.1) is 11.4 Å². The van der Waals surface area contributed by atoms with Gasteiger partial charge in [0.2, 0.25) is 15.9 Å². The summed E-state index contributed by atoms with van der Waals surface area (Å²) in [6.07, 6.45) is 2.58. The van der Waals surface area contributed by atoms with E-state index in [0.717, 1.165) is 19.3 Å². The van der Waals surface area contributed by atoms with Crippen molar-refractivity contribution >= 4 is 21.8 Å². The summed E-state index contributed by atoms with van der Waals surface area (Å²) in [5.41, 5.74) is 0.353. The van der Waals surface area contributed by atoms with Gasteiger partial charge in [0.15, 0.2) is 0 Å². The van der Waals surface area contributed by atoms with Crippen LogP contribution in [0, 0.1) is 0 Å². The van der Waals surface area contributed by atoms with E-state index in [-0.39, 0.29) is 23.3 Å². The third-order valence-corrected chi connectivity index (χ3v) is 6.02. The van der Waals surface area contributed by atoms with E-state index in [2.05, 4.69) is 5.32 Å². The van der Waals surface area contributed by atoms with Crippen LogP contribution in [-0.2, 0) is 14.8 Å². The number of benzene rings is 1. The highest BCUT2D eigenvalue weighted by Gasteiger charge is 2.27. The fraction of sp³-hybridized carbons (Fsp3) is 0.529. The van der Waals surface area contributed by atoms with E-state index in [1.54, 1.807) is 7.05 Å². The Balaban J connectivity index is 2.03. The van der Waals surface area contributed by atoms with Crippen molar-refractivity contribution in [3.63, 3.8) is 0 Å². The van der Waals surface area contributed by atoms with Gasteiger partial charge in [-0.15, -0.1) is 0 Å². The van der Waals surface area contributed by atoms with Gasteiger partial charge in [0, 0.05) is 32.2 Å². The maximum Gasteiger partial charge on any atom is 0.254 e. The quantitative estimate of drug-likeness (QED) is 0.781. The van der Waals surface area contributed by atoms with Crippen molar-refractivity contribution in [3.05, 3.63) is 29.8 Å². The van der Waals surface area contributed by atoms with Crippen molar-refractivity contribution in [2.24, 2.45) is 0 Å². The number of carbonyl (C=O) groups is 2. The second-order valence-corrected chi connectivity index (χ2v) is 8.08. The standard InChI is InChI=1S/C17H25N3O4S/c1-3-10-18-16(21)13-19(2)17(22)14-6-8-15(9-7-14)25(23,24)20-11-4-5-12-20/h6-9H,3-5,10-13H2,1-2H3,(H,18,21). The molecule has 7 nitrogen and oxygen atoms in total. The summed E-state index contributed by atoms with van der Waals surface area (Å²) in [6, 6.07) is 5.88. The fourth-order valence-electron chi connectivity index (χ4n) is 2.67.